The van der Waals surface area contributed by atoms with E-state index < -0.39 is 0 Å². The van der Waals surface area contributed by atoms with Crippen molar-refractivity contribution < 1.29 is 4.39 Å². The minimum atomic E-state index is -0.237. The van der Waals surface area contributed by atoms with Crippen molar-refractivity contribution in [3.05, 3.63) is 42.5 Å². The molecular weight excluding hydrogens is 193 g/mol. The Hall–Kier alpha value is -1.68. The summed E-state index contributed by atoms with van der Waals surface area (Å²) in [5, 5.41) is 4.13. The lowest BCUT2D eigenvalue weighted by Gasteiger charge is -1.97. The van der Waals surface area contributed by atoms with Crippen LogP contribution in [0.2, 0.25) is 0 Å². The number of aromatic nitrogens is 2. The highest BCUT2D eigenvalue weighted by Crippen LogP contribution is 2.18. The number of hydrogen-bond acceptors (Lipinski definition) is 2. The zero-order valence-corrected chi connectivity index (χ0v) is 8.23. The van der Waals surface area contributed by atoms with Crippen molar-refractivity contribution in [2.75, 3.05) is 6.54 Å². The number of benzene rings is 1. The van der Waals surface area contributed by atoms with Crippen LogP contribution in [0.25, 0.3) is 11.1 Å². The summed E-state index contributed by atoms with van der Waals surface area (Å²) in [7, 11) is 0. The van der Waals surface area contributed by atoms with Crippen molar-refractivity contribution in [3.8, 4) is 11.1 Å². The Kier molecular flexibility index (Phi) is 2.78. The van der Waals surface area contributed by atoms with Crippen molar-refractivity contribution in [3.63, 3.8) is 0 Å². The molecule has 1 aromatic carbocycles. The predicted molar refractivity (Wildman–Crippen MR) is 56.7 cm³/mol. The molecule has 0 saturated heterocycles. The van der Waals surface area contributed by atoms with Crippen LogP contribution in [0.4, 0.5) is 4.39 Å². The van der Waals surface area contributed by atoms with E-state index in [2.05, 4.69) is 5.10 Å². The van der Waals surface area contributed by atoms with E-state index in [0.717, 1.165) is 11.1 Å². The Morgan fingerprint density at radius 3 is 2.93 bits per heavy atom. The maximum absolute atomic E-state index is 13.0. The molecule has 2 rings (SSSR count). The molecule has 4 heteroatoms. The highest BCUT2D eigenvalue weighted by molar-refractivity contribution is 5.61. The molecular formula is C11H12FN3. The quantitative estimate of drug-likeness (QED) is 0.828. The Morgan fingerprint density at radius 2 is 2.20 bits per heavy atom. The zero-order chi connectivity index (χ0) is 10.7. The summed E-state index contributed by atoms with van der Waals surface area (Å²) in [6, 6.07) is 6.45. The molecule has 0 aliphatic rings. The van der Waals surface area contributed by atoms with Gasteiger partial charge in [-0.2, -0.15) is 5.10 Å². The van der Waals surface area contributed by atoms with Gasteiger partial charge in [-0.05, 0) is 17.7 Å². The van der Waals surface area contributed by atoms with Gasteiger partial charge in [0.05, 0.1) is 12.7 Å². The molecule has 1 aromatic heterocycles. The van der Waals surface area contributed by atoms with E-state index in [-0.39, 0.29) is 5.82 Å². The normalized spacial score (nSPS) is 10.5. The van der Waals surface area contributed by atoms with Gasteiger partial charge in [-0.1, -0.05) is 12.1 Å². The van der Waals surface area contributed by atoms with Gasteiger partial charge in [0.25, 0.3) is 0 Å². The summed E-state index contributed by atoms with van der Waals surface area (Å²) in [6.45, 7) is 1.22. The van der Waals surface area contributed by atoms with E-state index in [1.807, 2.05) is 12.3 Å². The van der Waals surface area contributed by atoms with Gasteiger partial charge in [0, 0.05) is 18.3 Å². The van der Waals surface area contributed by atoms with Crippen LogP contribution in [0.3, 0.4) is 0 Å². The zero-order valence-electron chi connectivity index (χ0n) is 8.23. The number of nitrogens with two attached hydrogens (primary N) is 1. The van der Waals surface area contributed by atoms with Crippen LogP contribution in [0.5, 0.6) is 0 Å². The van der Waals surface area contributed by atoms with Gasteiger partial charge in [0.1, 0.15) is 5.82 Å². The van der Waals surface area contributed by atoms with E-state index >= 15 is 0 Å². The number of rotatable bonds is 3. The maximum Gasteiger partial charge on any atom is 0.123 e. The van der Waals surface area contributed by atoms with Gasteiger partial charge < -0.3 is 5.73 Å². The first-order valence-electron chi connectivity index (χ1n) is 4.78. The third kappa shape index (κ3) is 2.22. The molecule has 0 unspecified atom stereocenters. The number of halogens is 1. The fourth-order valence-electron chi connectivity index (χ4n) is 1.44. The van der Waals surface area contributed by atoms with Crippen LogP contribution < -0.4 is 5.73 Å². The summed E-state index contributed by atoms with van der Waals surface area (Å²) in [5.74, 6) is -0.237. The second-order valence-corrected chi connectivity index (χ2v) is 3.29. The lowest BCUT2D eigenvalue weighted by Crippen LogP contribution is -2.09. The third-order valence-electron chi connectivity index (χ3n) is 2.15. The van der Waals surface area contributed by atoms with Gasteiger partial charge in [-0.3, -0.25) is 4.68 Å². The lowest BCUT2D eigenvalue weighted by atomic mass is 10.1. The largest absolute Gasteiger partial charge is 0.329 e. The number of hydrogen-bond donors (Lipinski definition) is 1. The Labute approximate surface area is 87.3 Å². The van der Waals surface area contributed by atoms with E-state index in [4.69, 9.17) is 5.73 Å². The molecule has 78 valence electrons. The monoisotopic (exact) mass is 205 g/mol. The third-order valence-corrected chi connectivity index (χ3v) is 2.15. The van der Waals surface area contributed by atoms with Crippen molar-refractivity contribution in [1.29, 1.82) is 0 Å². The molecule has 0 spiro atoms. The van der Waals surface area contributed by atoms with E-state index in [1.54, 1.807) is 16.9 Å². The average Bonchev–Trinajstić information content (AvgIpc) is 2.67. The van der Waals surface area contributed by atoms with Crippen LogP contribution in [0, 0.1) is 5.82 Å². The van der Waals surface area contributed by atoms with Gasteiger partial charge >= 0.3 is 0 Å². The standard InChI is InChI=1S/C11H12FN3/c12-11-3-1-2-9(6-11)10-7-14-15(8-10)5-4-13/h1-3,6-8H,4-5,13H2. The molecule has 0 aliphatic carbocycles. The molecule has 0 saturated carbocycles. The summed E-state index contributed by atoms with van der Waals surface area (Å²) in [6.07, 6.45) is 3.58. The fraction of sp³-hybridized carbons (Fsp3) is 0.182. The Morgan fingerprint density at radius 1 is 1.33 bits per heavy atom. The SMILES string of the molecule is NCCn1cc(-c2cccc(F)c2)cn1. The molecule has 0 amide bonds. The molecule has 0 radical (unpaired) electrons. The summed E-state index contributed by atoms with van der Waals surface area (Å²) in [5.41, 5.74) is 7.15. The van der Waals surface area contributed by atoms with Crippen LogP contribution >= 0.6 is 0 Å². The predicted octanol–water partition coefficient (Wildman–Crippen LogP) is 1.65. The fourth-order valence-corrected chi connectivity index (χ4v) is 1.44. The molecule has 0 aliphatic heterocycles. The van der Waals surface area contributed by atoms with Gasteiger partial charge in [-0.25, -0.2) is 4.39 Å². The van der Waals surface area contributed by atoms with Crippen molar-refractivity contribution >= 4 is 0 Å². The molecule has 1 heterocycles. The first-order valence-corrected chi connectivity index (χ1v) is 4.78. The van der Waals surface area contributed by atoms with Crippen molar-refractivity contribution in [2.45, 2.75) is 6.54 Å². The minimum absolute atomic E-state index is 0.237. The molecule has 0 fully saturated rings. The van der Waals surface area contributed by atoms with Crippen LogP contribution in [-0.4, -0.2) is 16.3 Å². The highest BCUT2D eigenvalue weighted by atomic mass is 19.1. The molecule has 0 bridgehead atoms. The Bertz CT molecular complexity index is 451. The lowest BCUT2D eigenvalue weighted by molar-refractivity contribution is 0.625. The summed E-state index contributed by atoms with van der Waals surface area (Å²) < 4.78 is 14.7. The molecule has 0 atom stereocenters. The molecule has 15 heavy (non-hydrogen) atoms. The van der Waals surface area contributed by atoms with E-state index in [9.17, 15) is 4.39 Å². The minimum Gasteiger partial charge on any atom is -0.329 e. The second kappa shape index (κ2) is 4.23. The average molecular weight is 205 g/mol. The van der Waals surface area contributed by atoms with Gasteiger partial charge in [0.15, 0.2) is 0 Å². The number of nitrogens with zero attached hydrogens (tertiary/aromatic N) is 2. The molecule has 2 aromatic rings. The second-order valence-electron chi connectivity index (χ2n) is 3.29. The summed E-state index contributed by atoms with van der Waals surface area (Å²) in [4.78, 5) is 0. The highest BCUT2D eigenvalue weighted by Gasteiger charge is 2.01. The van der Waals surface area contributed by atoms with Gasteiger partial charge in [-0.15, -0.1) is 0 Å². The first kappa shape index (κ1) is 9.86. The van der Waals surface area contributed by atoms with Crippen molar-refractivity contribution in [1.82, 2.24) is 9.78 Å². The van der Waals surface area contributed by atoms with Crippen LogP contribution in [0.15, 0.2) is 36.7 Å². The smallest absolute Gasteiger partial charge is 0.123 e. The van der Waals surface area contributed by atoms with Gasteiger partial charge in [0.2, 0.25) is 0 Å². The maximum atomic E-state index is 13.0. The Balaban J connectivity index is 2.29. The van der Waals surface area contributed by atoms with Crippen molar-refractivity contribution in [2.24, 2.45) is 5.73 Å². The molecule has 2 N–H and O–H groups in total. The summed E-state index contributed by atoms with van der Waals surface area (Å²) >= 11 is 0. The molecule has 3 nitrogen and oxygen atoms in total. The first-order chi connectivity index (χ1) is 7.29. The topological polar surface area (TPSA) is 43.8 Å². The van der Waals surface area contributed by atoms with E-state index in [1.165, 1.54) is 12.1 Å². The van der Waals surface area contributed by atoms with E-state index in [0.29, 0.717) is 13.1 Å². The van der Waals surface area contributed by atoms with Crippen LogP contribution in [-0.2, 0) is 6.54 Å². The van der Waals surface area contributed by atoms with Crippen LogP contribution in [0.1, 0.15) is 0 Å².